The molecule has 0 spiro atoms. The number of aromatic hydroxyl groups is 1. The second-order valence-corrected chi connectivity index (χ2v) is 5.80. The fourth-order valence-corrected chi connectivity index (χ4v) is 2.58. The largest absolute Gasteiger partial charge is 0.492 e. The fraction of sp³-hybridized carbons (Fsp3) is 0.471. The van der Waals surface area contributed by atoms with Gasteiger partial charge < -0.3 is 5.11 Å². The molecule has 1 aromatic heterocycles. The molecule has 20 heavy (non-hydrogen) atoms. The molecule has 0 bridgehead atoms. The summed E-state index contributed by atoms with van der Waals surface area (Å²) in [6, 6.07) is 8.17. The highest BCUT2D eigenvalue weighted by molar-refractivity contribution is 5.44. The highest BCUT2D eigenvalue weighted by atomic mass is 16.3. The number of hydrogen-bond acceptors (Lipinski definition) is 2. The van der Waals surface area contributed by atoms with Crippen molar-refractivity contribution >= 4 is 0 Å². The van der Waals surface area contributed by atoms with Crippen molar-refractivity contribution in [1.82, 2.24) is 9.78 Å². The van der Waals surface area contributed by atoms with E-state index in [-0.39, 0.29) is 5.88 Å². The van der Waals surface area contributed by atoms with E-state index in [4.69, 9.17) is 0 Å². The standard InChI is InChI=1S/C17H24N2O/c1-5-8-16-14(11-12(2)3)17(20)18-19(16)15-10-7-6-9-13(15)4/h6-7,9-10,12H,5,8,11H2,1-4H3,(H,18,20). The average Bonchev–Trinajstić information content (AvgIpc) is 2.68. The van der Waals surface area contributed by atoms with Crippen LogP contribution in [0.15, 0.2) is 24.3 Å². The Bertz CT molecular complexity index is 585. The second-order valence-electron chi connectivity index (χ2n) is 5.80. The van der Waals surface area contributed by atoms with Gasteiger partial charge in [-0.3, -0.25) is 0 Å². The lowest BCUT2D eigenvalue weighted by Gasteiger charge is -2.11. The minimum absolute atomic E-state index is 0.186. The van der Waals surface area contributed by atoms with E-state index in [0.29, 0.717) is 5.92 Å². The lowest BCUT2D eigenvalue weighted by atomic mass is 10.0. The Hall–Kier alpha value is -1.77. The zero-order valence-corrected chi connectivity index (χ0v) is 12.8. The lowest BCUT2D eigenvalue weighted by Crippen LogP contribution is -2.06. The maximum atomic E-state index is 10.2. The molecule has 0 atom stereocenters. The van der Waals surface area contributed by atoms with Gasteiger partial charge in [-0.2, -0.15) is 0 Å². The summed E-state index contributed by atoms with van der Waals surface area (Å²) in [5.41, 5.74) is 4.38. The molecule has 3 nitrogen and oxygen atoms in total. The molecule has 0 aliphatic heterocycles. The Labute approximate surface area is 121 Å². The molecule has 1 N–H and O–H groups in total. The predicted octanol–water partition coefficient (Wildman–Crippen LogP) is 4.04. The van der Waals surface area contributed by atoms with E-state index in [2.05, 4.69) is 44.9 Å². The van der Waals surface area contributed by atoms with Crippen LogP contribution in [0.5, 0.6) is 5.88 Å². The quantitative estimate of drug-likeness (QED) is 0.892. The van der Waals surface area contributed by atoms with Crippen LogP contribution in [0, 0.1) is 12.8 Å². The molecule has 2 rings (SSSR count). The molecule has 1 heterocycles. The topological polar surface area (TPSA) is 38.1 Å². The smallest absolute Gasteiger partial charge is 0.234 e. The number of rotatable bonds is 5. The molecular weight excluding hydrogens is 248 g/mol. The summed E-state index contributed by atoms with van der Waals surface area (Å²) in [4.78, 5) is 0. The first-order chi connectivity index (χ1) is 9.54. The van der Waals surface area contributed by atoms with Gasteiger partial charge in [0.05, 0.1) is 11.4 Å². The molecule has 3 heteroatoms. The van der Waals surface area contributed by atoms with Crippen molar-refractivity contribution in [3.63, 3.8) is 0 Å². The first-order valence-electron chi connectivity index (χ1n) is 7.40. The Morgan fingerprint density at radius 3 is 2.55 bits per heavy atom. The van der Waals surface area contributed by atoms with Crippen LogP contribution in [0.1, 0.15) is 44.0 Å². The Morgan fingerprint density at radius 2 is 1.95 bits per heavy atom. The summed E-state index contributed by atoms with van der Waals surface area (Å²) < 4.78 is 1.92. The fourth-order valence-electron chi connectivity index (χ4n) is 2.58. The van der Waals surface area contributed by atoms with E-state index < -0.39 is 0 Å². The average molecular weight is 272 g/mol. The highest BCUT2D eigenvalue weighted by Crippen LogP contribution is 2.28. The van der Waals surface area contributed by atoms with Crippen LogP contribution < -0.4 is 0 Å². The van der Waals surface area contributed by atoms with E-state index in [1.54, 1.807) is 0 Å². The van der Waals surface area contributed by atoms with Crippen molar-refractivity contribution in [3.8, 4) is 11.6 Å². The van der Waals surface area contributed by atoms with Gasteiger partial charge in [0.25, 0.3) is 0 Å². The summed E-state index contributed by atoms with van der Waals surface area (Å²) >= 11 is 0. The highest BCUT2D eigenvalue weighted by Gasteiger charge is 2.19. The van der Waals surface area contributed by atoms with Gasteiger partial charge in [-0.25, -0.2) is 4.68 Å². The van der Waals surface area contributed by atoms with Crippen LogP contribution in [0.2, 0.25) is 0 Å². The van der Waals surface area contributed by atoms with Crippen molar-refractivity contribution in [3.05, 3.63) is 41.1 Å². The third-order valence-corrected chi connectivity index (χ3v) is 3.51. The second kappa shape index (κ2) is 6.12. The molecule has 108 valence electrons. The van der Waals surface area contributed by atoms with Gasteiger partial charge in [0.15, 0.2) is 0 Å². The summed E-state index contributed by atoms with van der Waals surface area (Å²) in [6.45, 7) is 8.57. The minimum atomic E-state index is 0.186. The summed E-state index contributed by atoms with van der Waals surface area (Å²) in [5, 5.41) is 14.6. The number of aryl methyl sites for hydroxylation is 1. The Balaban J connectivity index is 2.56. The first kappa shape index (κ1) is 14.6. The van der Waals surface area contributed by atoms with Crippen LogP contribution in [-0.2, 0) is 12.8 Å². The molecule has 1 aromatic carbocycles. The maximum absolute atomic E-state index is 10.2. The molecule has 0 unspecified atom stereocenters. The number of nitrogens with zero attached hydrogens (tertiary/aromatic N) is 2. The summed E-state index contributed by atoms with van der Waals surface area (Å²) in [6.07, 6.45) is 2.85. The van der Waals surface area contributed by atoms with Crippen LogP contribution in [0.25, 0.3) is 5.69 Å². The number of para-hydroxylation sites is 1. The van der Waals surface area contributed by atoms with Gasteiger partial charge in [-0.15, -0.1) is 5.10 Å². The maximum Gasteiger partial charge on any atom is 0.234 e. The number of aromatic nitrogens is 2. The molecule has 0 amide bonds. The van der Waals surface area contributed by atoms with Gasteiger partial charge in [0, 0.05) is 5.56 Å². The van der Waals surface area contributed by atoms with E-state index in [0.717, 1.165) is 36.2 Å². The Morgan fingerprint density at radius 1 is 1.25 bits per heavy atom. The number of hydrogen-bond donors (Lipinski definition) is 1. The molecule has 0 saturated carbocycles. The van der Waals surface area contributed by atoms with Crippen LogP contribution in [0.3, 0.4) is 0 Å². The molecule has 2 aromatic rings. The molecule has 0 aliphatic carbocycles. The third kappa shape index (κ3) is 2.87. The number of benzene rings is 1. The zero-order valence-electron chi connectivity index (χ0n) is 12.8. The molecule has 0 radical (unpaired) electrons. The molecule has 0 fully saturated rings. The van der Waals surface area contributed by atoms with Gasteiger partial charge in [-0.05, 0) is 37.3 Å². The van der Waals surface area contributed by atoms with Gasteiger partial charge in [0.1, 0.15) is 0 Å². The lowest BCUT2D eigenvalue weighted by molar-refractivity contribution is 0.438. The van der Waals surface area contributed by atoms with Crippen molar-refractivity contribution in [2.75, 3.05) is 0 Å². The minimum Gasteiger partial charge on any atom is -0.492 e. The SMILES string of the molecule is CCCc1c(CC(C)C)c(O)nn1-c1ccccc1C. The normalized spacial score (nSPS) is 11.2. The van der Waals surface area contributed by atoms with Gasteiger partial charge in [0.2, 0.25) is 5.88 Å². The first-order valence-corrected chi connectivity index (χ1v) is 7.40. The third-order valence-electron chi connectivity index (χ3n) is 3.51. The van der Waals surface area contributed by atoms with E-state index >= 15 is 0 Å². The van der Waals surface area contributed by atoms with Crippen LogP contribution in [0.4, 0.5) is 0 Å². The van der Waals surface area contributed by atoms with E-state index in [1.807, 2.05) is 16.8 Å². The van der Waals surface area contributed by atoms with Crippen molar-refractivity contribution in [2.24, 2.45) is 5.92 Å². The monoisotopic (exact) mass is 272 g/mol. The van der Waals surface area contributed by atoms with Crippen LogP contribution in [-0.4, -0.2) is 14.9 Å². The molecule has 0 saturated heterocycles. The summed E-state index contributed by atoms with van der Waals surface area (Å²) in [5.74, 6) is 0.691. The zero-order chi connectivity index (χ0) is 14.7. The van der Waals surface area contributed by atoms with Gasteiger partial charge in [-0.1, -0.05) is 45.4 Å². The van der Waals surface area contributed by atoms with Crippen LogP contribution >= 0.6 is 0 Å². The molecular formula is C17H24N2O. The van der Waals surface area contributed by atoms with E-state index in [9.17, 15) is 5.11 Å². The Kier molecular flexibility index (Phi) is 4.48. The molecule has 0 aliphatic rings. The van der Waals surface area contributed by atoms with Gasteiger partial charge >= 0.3 is 0 Å². The summed E-state index contributed by atoms with van der Waals surface area (Å²) in [7, 11) is 0. The van der Waals surface area contributed by atoms with E-state index in [1.165, 1.54) is 5.56 Å². The van der Waals surface area contributed by atoms with Crippen molar-refractivity contribution in [1.29, 1.82) is 0 Å². The van der Waals surface area contributed by atoms with Crippen molar-refractivity contribution < 1.29 is 5.11 Å². The van der Waals surface area contributed by atoms with Crippen molar-refractivity contribution in [2.45, 2.75) is 47.0 Å². The predicted molar refractivity (Wildman–Crippen MR) is 82.5 cm³/mol.